The highest BCUT2D eigenvalue weighted by atomic mass is 16.2. The van der Waals surface area contributed by atoms with Gasteiger partial charge < -0.3 is 15.5 Å². The van der Waals surface area contributed by atoms with Crippen LogP contribution in [0, 0.1) is 6.92 Å². The van der Waals surface area contributed by atoms with Crippen LogP contribution in [0.1, 0.15) is 28.8 Å². The highest BCUT2D eigenvalue weighted by molar-refractivity contribution is 5.97. The number of nitrogens with zero attached hydrogens (tertiary/aromatic N) is 4. The Kier molecular flexibility index (Phi) is 5.41. The Labute approximate surface area is 168 Å². The number of likely N-dealkylation sites (tertiary alicyclic amines) is 1. The molecule has 1 aromatic heterocycles. The van der Waals surface area contributed by atoms with Crippen molar-refractivity contribution in [2.75, 3.05) is 25.0 Å². The zero-order valence-electron chi connectivity index (χ0n) is 16.4. The zero-order chi connectivity index (χ0) is 20.2. The molecule has 1 saturated heterocycles. The molecule has 2 heterocycles. The number of carbonyl (C=O) groups excluding carboxylic acids is 2. The normalized spacial score (nSPS) is 13.6. The Morgan fingerprint density at radius 3 is 2.69 bits per heavy atom. The maximum absolute atomic E-state index is 12.5. The van der Waals surface area contributed by atoms with Crippen LogP contribution in [0.15, 0.2) is 42.5 Å². The summed E-state index contributed by atoms with van der Waals surface area (Å²) < 4.78 is 1.73. The van der Waals surface area contributed by atoms with Crippen molar-refractivity contribution in [1.82, 2.24) is 25.2 Å². The number of para-hydroxylation sites is 1. The third-order valence-corrected chi connectivity index (χ3v) is 5.16. The molecule has 1 aliphatic heterocycles. The molecule has 3 aromatic rings. The molecule has 0 atom stereocenters. The van der Waals surface area contributed by atoms with E-state index in [4.69, 9.17) is 0 Å². The summed E-state index contributed by atoms with van der Waals surface area (Å²) in [4.78, 5) is 26.5. The van der Waals surface area contributed by atoms with E-state index in [1.165, 1.54) is 0 Å². The van der Waals surface area contributed by atoms with Crippen LogP contribution in [0.2, 0.25) is 0 Å². The molecule has 0 unspecified atom stereocenters. The molecule has 0 saturated carbocycles. The average molecular weight is 392 g/mol. The van der Waals surface area contributed by atoms with Crippen molar-refractivity contribution in [2.24, 2.45) is 0 Å². The van der Waals surface area contributed by atoms with Crippen molar-refractivity contribution in [3.63, 3.8) is 0 Å². The number of rotatable bonds is 5. The van der Waals surface area contributed by atoms with Gasteiger partial charge in [-0.1, -0.05) is 23.4 Å². The average Bonchev–Trinajstić information content (AvgIpc) is 3.39. The molecule has 0 radical (unpaired) electrons. The summed E-state index contributed by atoms with van der Waals surface area (Å²) in [6, 6.07) is 12.8. The van der Waals surface area contributed by atoms with Gasteiger partial charge in [-0.3, -0.25) is 4.79 Å². The van der Waals surface area contributed by atoms with E-state index in [9.17, 15) is 9.59 Å². The van der Waals surface area contributed by atoms with Crippen LogP contribution in [-0.4, -0.2) is 51.5 Å². The lowest BCUT2D eigenvalue weighted by molar-refractivity contribution is 0.0793. The smallest absolute Gasteiger partial charge is 0.319 e. The van der Waals surface area contributed by atoms with Gasteiger partial charge >= 0.3 is 6.03 Å². The van der Waals surface area contributed by atoms with Gasteiger partial charge in [0, 0.05) is 30.9 Å². The highest BCUT2D eigenvalue weighted by Gasteiger charge is 2.20. The molecule has 2 aromatic carbocycles. The molecule has 0 aliphatic carbocycles. The molecular weight excluding hydrogens is 368 g/mol. The van der Waals surface area contributed by atoms with Gasteiger partial charge in [0.05, 0.1) is 12.1 Å². The molecule has 150 valence electrons. The van der Waals surface area contributed by atoms with Gasteiger partial charge in [-0.2, -0.15) is 0 Å². The minimum atomic E-state index is -0.262. The first-order valence-electron chi connectivity index (χ1n) is 9.85. The predicted molar refractivity (Wildman–Crippen MR) is 111 cm³/mol. The van der Waals surface area contributed by atoms with Crippen LogP contribution in [0.3, 0.4) is 0 Å². The van der Waals surface area contributed by atoms with E-state index in [1.807, 2.05) is 48.2 Å². The lowest BCUT2D eigenvalue weighted by Gasteiger charge is -2.15. The Bertz CT molecular complexity index is 1040. The van der Waals surface area contributed by atoms with Gasteiger partial charge in [0.1, 0.15) is 5.52 Å². The number of hydrogen-bond donors (Lipinski definition) is 2. The Morgan fingerprint density at radius 2 is 1.90 bits per heavy atom. The number of anilines is 1. The van der Waals surface area contributed by atoms with Crippen molar-refractivity contribution in [2.45, 2.75) is 26.3 Å². The lowest BCUT2D eigenvalue weighted by atomic mass is 10.1. The minimum Gasteiger partial charge on any atom is -0.339 e. The number of carbonyl (C=O) groups is 2. The largest absolute Gasteiger partial charge is 0.339 e. The van der Waals surface area contributed by atoms with Gasteiger partial charge in [-0.15, -0.1) is 5.10 Å². The van der Waals surface area contributed by atoms with Crippen LogP contribution < -0.4 is 10.6 Å². The monoisotopic (exact) mass is 392 g/mol. The molecule has 1 fully saturated rings. The standard InChI is InChI=1S/C21H24N6O2/c1-15-6-2-3-7-17(15)23-21(29)22-10-13-27-19-9-8-16(14-18(19)24-25-27)20(28)26-11-4-5-12-26/h2-3,6-9,14H,4-5,10-13H2,1H3,(H2,22,23,29). The van der Waals surface area contributed by atoms with Crippen LogP contribution in [0.25, 0.3) is 11.0 Å². The summed E-state index contributed by atoms with van der Waals surface area (Å²) in [6.07, 6.45) is 2.13. The Morgan fingerprint density at radius 1 is 1.10 bits per heavy atom. The summed E-state index contributed by atoms with van der Waals surface area (Å²) in [5, 5.41) is 14.0. The van der Waals surface area contributed by atoms with Crippen LogP contribution >= 0.6 is 0 Å². The first-order valence-corrected chi connectivity index (χ1v) is 9.85. The Balaban J connectivity index is 1.35. The molecule has 29 heavy (non-hydrogen) atoms. The van der Waals surface area contributed by atoms with Gasteiger partial charge in [-0.05, 0) is 49.6 Å². The first-order chi connectivity index (χ1) is 14.1. The van der Waals surface area contributed by atoms with E-state index in [-0.39, 0.29) is 11.9 Å². The number of benzene rings is 2. The van der Waals surface area contributed by atoms with E-state index < -0.39 is 0 Å². The summed E-state index contributed by atoms with van der Waals surface area (Å²) in [6.45, 7) is 4.47. The molecule has 3 amide bonds. The molecule has 8 nitrogen and oxygen atoms in total. The SMILES string of the molecule is Cc1ccccc1NC(=O)NCCn1nnc2cc(C(=O)N3CCCC3)ccc21. The van der Waals surface area contributed by atoms with Crippen molar-refractivity contribution in [3.05, 3.63) is 53.6 Å². The molecule has 0 spiro atoms. The van der Waals surface area contributed by atoms with Gasteiger partial charge in [0.2, 0.25) is 0 Å². The third-order valence-electron chi connectivity index (χ3n) is 5.16. The number of hydrogen-bond acceptors (Lipinski definition) is 4. The van der Waals surface area contributed by atoms with Crippen molar-refractivity contribution in [1.29, 1.82) is 0 Å². The summed E-state index contributed by atoms with van der Waals surface area (Å²) in [5.41, 5.74) is 3.95. The summed E-state index contributed by atoms with van der Waals surface area (Å²) >= 11 is 0. The minimum absolute atomic E-state index is 0.0495. The van der Waals surface area contributed by atoms with E-state index >= 15 is 0 Å². The fourth-order valence-electron chi connectivity index (χ4n) is 3.53. The molecule has 1 aliphatic rings. The predicted octanol–water partition coefficient (Wildman–Crippen LogP) is 2.80. The second-order valence-corrected chi connectivity index (χ2v) is 7.21. The topological polar surface area (TPSA) is 92.1 Å². The quantitative estimate of drug-likeness (QED) is 0.698. The van der Waals surface area contributed by atoms with Crippen molar-refractivity contribution in [3.8, 4) is 0 Å². The molecule has 2 N–H and O–H groups in total. The van der Waals surface area contributed by atoms with Crippen molar-refractivity contribution >= 4 is 28.7 Å². The fourth-order valence-corrected chi connectivity index (χ4v) is 3.53. The van der Waals surface area contributed by atoms with Crippen LogP contribution in [0.5, 0.6) is 0 Å². The number of nitrogens with one attached hydrogen (secondary N) is 2. The van der Waals surface area contributed by atoms with Crippen molar-refractivity contribution < 1.29 is 9.59 Å². The Hall–Kier alpha value is -3.42. The summed E-state index contributed by atoms with van der Waals surface area (Å²) in [7, 11) is 0. The maximum Gasteiger partial charge on any atom is 0.319 e. The van der Waals surface area contributed by atoms with E-state index in [0.29, 0.717) is 24.2 Å². The van der Waals surface area contributed by atoms with Gasteiger partial charge in [-0.25, -0.2) is 9.48 Å². The maximum atomic E-state index is 12.5. The number of urea groups is 1. The van der Waals surface area contributed by atoms with Crippen LogP contribution in [-0.2, 0) is 6.54 Å². The first kappa shape index (κ1) is 18.9. The summed E-state index contributed by atoms with van der Waals surface area (Å²) in [5.74, 6) is 0.0495. The second-order valence-electron chi connectivity index (χ2n) is 7.21. The third kappa shape index (κ3) is 4.21. The molecular formula is C21H24N6O2. The second kappa shape index (κ2) is 8.30. The molecule has 4 rings (SSSR count). The number of amides is 3. The highest BCUT2D eigenvalue weighted by Crippen LogP contribution is 2.17. The van der Waals surface area contributed by atoms with Gasteiger partial charge in [0.25, 0.3) is 5.91 Å². The fraction of sp³-hybridized carbons (Fsp3) is 0.333. The van der Waals surface area contributed by atoms with Crippen LogP contribution in [0.4, 0.5) is 10.5 Å². The number of aryl methyl sites for hydroxylation is 1. The number of fused-ring (bicyclic) bond motifs is 1. The van der Waals surface area contributed by atoms with Gasteiger partial charge in [0.15, 0.2) is 0 Å². The molecule has 8 heteroatoms. The zero-order valence-corrected chi connectivity index (χ0v) is 16.4. The lowest BCUT2D eigenvalue weighted by Crippen LogP contribution is -2.31. The molecule has 0 bridgehead atoms. The van der Waals surface area contributed by atoms with E-state index in [1.54, 1.807) is 10.7 Å². The number of aromatic nitrogens is 3. The van der Waals surface area contributed by atoms with E-state index in [2.05, 4.69) is 20.9 Å². The van der Waals surface area contributed by atoms with E-state index in [0.717, 1.165) is 42.7 Å².